The van der Waals surface area contributed by atoms with E-state index in [1.165, 1.54) is 5.56 Å². The molecule has 0 saturated carbocycles. The molecule has 1 atom stereocenters. The summed E-state index contributed by atoms with van der Waals surface area (Å²) in [5.74, 6) is 0. The van der Waals surface area contributed by atoms with Crippen molar-refractivity contribution in [2.45, 2.75) is 45.7 Å². The Morgan fingerprint density at radius 1 is 1.20 bits per heavy atom. The molecule has 0 radical (unpaired) electrons. The molecule has 0 aliphatic carbocycles. The monoisotopic (exact) mass is 273 g/mol. The number of aryl methyl sites for hydroxylation is 1. The van der Waals surface area contributed by atoms with Crippen molar-refractivity contribution < 1.29 is 0 Å². The van der Waals surface area contributed by atoms with Crippen molar-refractivity contribution in [2.75, 3.05) is 6.54 Å². The molecule has 108 valence electrons. The molecule has 5 heteroatoms. The van der Waals surface area contributed by atoms with Crippen LogP contribution in [0.5, 0.6) is 0 Å². The minimum Gasteiger partial charge on any atom is -0.308 e. The predicted molar refractivity (Wildman–Crippen MR) is 79.3 cm³/mol. The highest BCUT2D eigenvalue weighted by molar-refractivity contribution is 5.15. The molecular formula is C15H23N5. The highest BCUT2D eigenvalue weighted by Gasteiger charge is 2.16. The number of pyridine rings is 1. The maximum absolute atomic E-state index is 4.19. The number of aromatic nitrogens is 4. The Labute approximate surface area is 120 Å². The van der Waals surface area contributed by atoms with E-state index in [0.717, 1.165) is 38.0 Å². The molecule has 0 aliphatic heterocycles. The molecule has 20 heavy (non-hydrogen) atoms. The zero-order chi connectivity index (χ0) is 14.2. The van der Waals surface area contributed by atoms with E-state index in [1.807, 2.05) is 23.3 Å². The molecule has 2 heterocycles. The molecule has 0 fully saturated rings. The summed E-state index contributed by atoms with van der Waals surface area (Å²) in [7, 11) is 0. The van der Waals surface area contributed by atoms with E-state index in [-0.39, 0.29) is 6.04 Å². The topological polar surface area (TPSA) is 55.6 Å². The summed E-state index contributed by atoms with van der Waals surface area (Å²) in [5, 5.41) is 11.9. The van der Waals surface area contributed by atoms with Crippen LogP contribution in [0.15, 0.2) is 30.7 Å². The van der Waals surface area contributed by atoms with Crippen molar-refractivity contribution in [3.8, 4) is 0 Å². The molecule has 0 spiro atoms. The van der Waals surface area contributed by atoms with Gasteiger partial charge in [0.1, 0.15) is 0 Å². The predicted octanol–water partition coefficient (Wildman–Crippen LogP) is 2.37. The summed E-state index contributed by atoms with van der Waals surface area (Å²) < 4.78 is 2.01. The molecule has 2 rings (SSSR count). The number of nitrogens with zero attached hydrogens (tertiary/aromatic N) is 4. The number of rotatable bonds is 8. The van der Waals surface area contributed by atoms with Crippen molar-refractivity contribution in [3.63, 3.8) is 0 Å². The van der Waals surface area contributed by atoms with E-state index in [4.69, 9.17) is 0 Å². The van der Waals surface area contributed by atoms with Crippen LogP contribution in [0, 0.1) is 0 Å². The zero-order valence-corrected chi connectivity index (χ0v) is 12.3. The Morgan fingerprint density at radius 2 is 2.00 bits per heavy atom. The van der Waals surface area contributed by atoms with Crippen LogP contribution in [0.2, 0.25) is 0 Å². The van der Waals surface area contributed by atoms with Gasteiger partial charge in [0.05, 0.1) is 17.9 Å². The lowest BCUT2D eigenvalue weighted by molar-refractivity contribution is 0.465. The maximum atomic E-state index is 4.19. The second-order valence-corrected chi connectivity index (χ2v) is 4.95. The van der Waals surface area contributed by atoms with Gasteiger partial charge in [-0.15, -0.1) is 5.10 Å². The molecule has 2 aromatic heterocycles. The van der Waals surface area contributed by atoms with Crippen LogP contribution in [-0.4, -0.2) is 26.5 Å². The largest absolute Gasteiger partial charge is 0.308 e. The van der Waals surface area contributed by atoms with E-state index in [2.05, 4.69) is 46.6 Å². The molecule has 0 aliphatic rings. The summed E-state index contributed by atoms with van der Waals surface area (Å²) in [6, 6.07) is 4.38. The second-order valence-electron chi connectivity index (χ2n) is 4.95. The fourth-order valence-electron chi connectivity index (χ4n) is 2.28. The van der Waals surface area contributed by atoms with Crippen molar-refractivity contribution in [1.29, 1.82) is 0 Å². The fraction of sp³-hybridized carbons (Fsp3) is 0.533. The van der Waals surface area contributed by atoms with E-state index in [9.17, 15) is 0 Å². The Hall–Kier alpha value is -1.75. The fourth-order valence-corrected chi connectivity index (χ4v) is 2.28. The van der Waals surface area contributed by atoms with Gasteiger partial charge in [-0.2, -0.15) is 0 Å². The standard InChI is InChI=1S/C15H23N5/c1-3-7-17-14(11-13-5-8-16-9-6-13)15-12-18-19-20(15)10-4-2/h5-6,8-9,12,14,17H,3-4,7,10-11H2,1-2H3. The molecular weight excluding hydrogens is 250 g/mol. The number of hydrogen-bond donors (Lipinski definition) is 1. The minimum absolute atomic E-state index is 0.249. The molecule has 1 N–H and O–H groups in total. The quantitative estimate of drug-likeness (QED) is 0.802. The molecule has 0 saturated heterocycles. The minimum atomic E-state index is 0.249. The summed E-state index contributed by atoms with van der Waals surface area (Å²) in [6.45, 7) is 6.24. The maximum Gasteiger partial charge on any atom is 0.0759 e. The second kappa shape index (κ2) is 7.75. The summed E-state index contributed by atoms with van der Waals surface area (Å²) in [5.41, 5.74) is 2.44. The van der Waals surface area contributed by atoms with Gasteiger partial charge in [0, 0.05) is 18.9 Å². The van der Waals surface area contributed by atoms with Gasteiger partial charge in [0.15, 0.2) is 0 Å². The smallest absolute Gasteiger partial charge is 0.0759 e. The van der Waals surface area contributed by atoms with E-state index in [0.29, 0.717) is 0 Å². The van der Waals surface area contributed by atoms with Crippen molar-refractivity contribution in [3.05, 3.63) is 42.0 Å². The van der Waals surface area contributed by atoms with Crippen LogP contribution in [0.25, 0.3) is 0 Å². The van der Waals surface area contributed by atoms with Gasteiger partial charge in [0.2, 0.25) is 0 Å². The van der Waals surface area contributed by atoms with E-state index < -0.39 is 0 Å². The van der Waals surface area contributed by atoms with Crippen LogP contribution in [-0.2, 0) is 13.0 Å². The first-order valence-corrected chi connectivity index (χ1v) is 7.35. The summed E-state index contributed by atoms with van der Waals surface area (Å²) in [4.78, 5) is 4.07. The van der Waals surface area contributed by atoms with Gasteiger partial charge in [-0.25, -0.2) is 4.68 Å². The van der Waals surface area contributed by atoms with Crippen LogP contribution < -0.4 is 5.32 Å². The third-order valence-electron chi connectivity index (χ3n) is 3.27. The lowest BCUT2D eigenvalue weighted by Gasteiger charge is -2.19. The Bertz CT molecular complexity index is 494. The van der Waals surface area contributed by atoms with Crippen molar-refractivity contribution >= 4 is 0 Å². The molecule has 5 nitrogen and oxygen atoms in total. The van der Waals surface area contributed by atoms with E-state index >= 15 is 0 Å². The molecule has 2 aromatic rings. The SMILES string of the molecule is CCCNC(Cc1ccncc1)c1cnnn1CCC. The Kier molecular flexibility index (Phi) is 5.68. The molecule has 0 aromatic carbocycles. The van der Waals surface area contributed by atoms with Crippen LogP contribution >= 0.6 is 0 Å². The van der Waals surface area contributed by atoms with Gasteiger partial charge in [-0.1, -0.05) is 19.1 Å². The van der Waals surface area contributed by atoms with E-state index in [1.54, 1.807) is 0 Å². The molecule has 1 unspecified atom stereocenters. The average Bonchev–Trinajstić information content (AvgIpc) is 2.93. The molecule has 0 amide bonds. The summed E-state index contributed by atoms with van der Waals surface area (Å²) in [6.07, 6.45) is 8.67. The van der Waals surface area contributed by atoms with Crippen molar-refractivity contribution in [1.82, 2.24) is 25.3 Å². The van der Waals surface area contributed by atoms with Crippen LogP contribution in [0.1, 0.15) is 44.0 Å². The average molecular weight is 273 g/mol. The van der Waals surface area contributed by atoms with Gasteiger partial charge in [-0.05, 0) is 43.5 Å². The van der Waals surface area contributed by atoms with Crippen molar-refractivity contribution in [2.24, 2.45) is 0 Å². The summed E-state index contributed by atoms with van der Waals surface area (Å²) >= 11 is 0. The number of hydrogen-bond acceptors (Lipinski definition) is 4. The number of nitrogens with one attached hydrogen (secondary N) is 1. The van der Waals surface area contributed by atoms with Gasteiger partial charge >= 0.3 is 0 Å². The van der Waals surface area contributed by atoms with Crippen LogP contribution in [0.4, 0.5) is 0 Å². The highest BCUT2D eigenvalue weighted by atomic mass is 15.4. The third kappa shape index (κ3) is 3.87. The lowest BCUT2D eigenvalue weighted by Crippen LogP contribution is -2.26. The van der Waals surface area contributed by atoms with Gasteiger partial charge < -0.3 is 5.32 Å². The first-order chi connectivity index (χ1) is 9.85. The lowest BCUT2D eigenvalue weighted by atomic mass is 10.0. The third-order valence-corrected chi connectivity index (χ3v) is 3.27. The van der Waals surface area contributed by atoms with Gasteiger partial charge in [-0.3, -0.25) is 4.98 Å². The molecule has 0 bridgehead atoms. The Balaban J connectivity index is 2.16. The zero-order valence-electron chi connectivity index (χ0n) is 12.3. The van der Waals surface area contributed by atoms with Gasteiger partial charge in [0.25, 0.3) is 0 Å². The Morgan fingerprint density at radius 3 is 2.70 bits per heavy atom. The van der Waals surface area contributed by atoms with Crippen LogP contribution in [0.3, 0.4) is 0 Å². The normalized spacial score (nSPS) is 12.5. The first-order valence-electron chi connectivity index (χ1n) is 7.35. The highest BCUT2D eigenvalue weighted by Crippen LogP contribution is 2.17. The first kappa shape index (κ1) is 14.7.